The molecule has 0 bridgehead atoms. The first kappa shape index (κ1) is 14.4. The van der Waals surface area contributed by atoms with Gasteiger partial charge in [-0.3, -0.25) is 0 Å². The number of hydrogen-bond acceptors (Lipinski definition) is 3. The number of urea groups is 1. The summed E-state index contributed by atoms with van der Waals surface area (Å²) in [5.41, 5.74) is 8.38. The maximum atomic E-state index is 11.3. The van der Waals surface area contributed by atoms with Crippen LogP contribution in [0.3, 0.4) is 0 Å². The molecule has 2 heterocycles. The fourth-order valence-electron chi connectivity index (χ4n) is 2.92. The lowest BCUT2D eigenvalue weighted by molar-refractivity contribution is 0.0690. The number of benzene rings is 1. The minimum absolute atomic E-state index is 0.0563. The zero-order valence-electron chi connectivity index (χ0n) is 12.0. The fourth-order valence-corrected chi connectivity index (χ4v) is 2.92. The van der Waals surface area contributed by atoms with E-state index in [9.17, 15) is 14.7 Å². The Kier molecular flexibility index (Phi) is 3.72. The third-order valence-electron chi connectivity index (χ3n) is 3.91. The minimum atomic E-state index is -0.978. The van der Waals surface area contributed by atoms with E-state index in [2.05, 4.69) is 15.6 Å². The first-order valence-corrected chi connectivity index (χ1v) is 7.19. The lowest BCUT2D eigenvalue weighted by Gasteiger charge is -2.09. The normalized spacial score (nSPS) is 17.5. The lowest BCUT2D eigenvalue weighted by Crippen LogP contribution is -2.28. The van der Waals surface area contributed by atoms with E-state index < -0.39 is 5.97 Å². The Morgan fingerprint density at radius 2 is 2.23 bits per heavy atom. The second-order valence-corrected chi connectivity index (χ2v) is 5.46. The average molecular weight is 302 g/mol. The van der Waals surface area contributed by atoms with Gasteiger partial charge in [0, 0.05) is 17.4 Å². The molecule has 1 unspecified atom stereocenters. The number of H-pyrrole nitrogens is 1. The zero-order chi connectivity index (χ0) is 15.7. The number of hydrogen-bond donors (Lipinski definition) is 5. The highest BCUT2D eigenvalue weighted by molar-refractivity contribution is 5.97. The van der Waals surface area contributed by atoms with Crippen LogP contribution in [0.2, 0.25) is 0 Å². The Bertz CT molecular complexity index is 738. The van der Waals surface area contributed by atoms with Crippen molar-refractivity contribution < 1.29 is 14.7 Å². The monoisotopic (exact) mass is 302 g/mol. The number of nitrogens with one attached hydrogen (secondary N) is 3. The topological polar surface area (TPSA) is 120 Å². The first-order chi connectivity index (χ1) is 10.6. The molecule has 1 fully saturated rings. The van der Waals surface area contributed by atoms with Gasteiger partial charge in [-0.25, -0.2) is 9.59 Å². The van der Waals surface area contributed by atoms with Gasteiger partial charge in [-0.1, -0.05) is 6.07 Å². The summed E-state index contributed by atoms with van der Waals surface area (Å²) in [4.78, 5) is 25.4. The van der Waals surface area contributed by atoms with Gasteiger partial charge < -0.3 is 26.5 Å². The molecule has 2 amide bonds. The number of carboxylic acid groups (broad SMARTS) is 1. The molecule has 1 atom stereocenters. The van der Waals surface area contributed by atoms with Crippen molar-refractivity contribution in [2.75, 3.05) is 13.1 Å². The highest BCUT2D eigenvalue weighted by Crippen LogP contribution is 2.25. The van der Waals surface area contributed by atoms with Gasteiger partial charge in [-0.05, 0) is 42.6 Å². The molecule has 1 aliphatic heterocycles. The van der Waals surface area contributed by atoms with Crippen LogP contribution in [0.25, 0.3) is 10.9 Å². The molecule has 116 valence electrons. The van der Waals surface area contributed by atoms with Crippen molar-refractivity contribution in [1.82, 2.24) is 15.6 Å². The molecule has 22 heavy (non-hydrogen) atoms. The predicted octanol–water partition coefficient (Wildman–Crippen LogP) is 0.591. The smallest absolute Gasteiger partial charge is 0.352 e. The molecule has 7 heteroatoms. The number of fused-ring (bicyclic) bond motifs is 1. The van der Waals surface area contributed by atoms with E-state index in [-0.39, 0.29) is 17.8 Å². The van der Waals surface area contributed by atoms with E-state index in [1.165, 1.54) is 0 Å². The van der Waals surface area contributed by atoms with Crippen LogP contribution in [0.5, 0.6) is 0 Å². The number of aromatic nitrogens is 1. The third-order valence-corrected chi connectivity index (χ3v) is 3.91. The SMILES string of the molecule is NCCc1c(C(=O)O)[nH]c2ccc(CC3CNC(=O)N3)cc12. The Labute approximate surface area is 126 Å². The molecule has 1 saturated heterocycles. The van der Waals surface area contributed by atoms with E-state index in [0.29, 0.717) is 25.9 Å². The Hall–Kier alpha value is -2.54. The molecule has 6 N–H and O–H groups in total. The molecule has 0 saturated carbocycles. The number of amides is 2. The summed E-state index contributed by atoms with van der Waals surface area (Å²) < 4.78 is 0. The van der Waals surface area contributed by atoms with Crippen molar-refractivity contribution in [1.29, 1.82) is 0 Å². The number of carbonyl (C=O) groups is 2. The highest BCUT2D eigenvalue weighted by atomic mass is 16.4. The third kappa shape index (κ3) is 2.62. The van der Waals surface area contributed by atoms with Crippen molar-refractivity contribution in [2.24, 2.45) is 5.73 Å². The van der Waals surface area contributed by atoms with Crippen molar-refractivity contribution >= 4 is 22.9 Å². The second kappa shape index (κ2) is 5.69. The van der Waals surface area contributed by atoms with Gasteiger partial charge in [-0.15, -0.1) is 0 Å². The van der Waals surface area contributed by atoms with E-state index in [1.807, 2.05) is 18.2 Å². The second-order valence-electron chi connectivity index (χ2n) is 5.46. The molecule has 0 aliphatic carbocycles. The lowest BCUT2D eigenvalue weighted by atomic mass is 10.0. The predicted molar refractivity (Wildman–Crippen MR) is 82.0 cm³/mol. The summed E-state index contributed by atoms with van der Waals surface area (Å²) in [7, 11) is 0. The van der Waals surface area contributed by atoms with E-state index in [1.54, 1.807) is 0 Å². The van der Waals surface area contributed by atoms with Crippen molar-refractivity contribution in [3.63, 3.8) is 0 Å². The molecule has 1 aromatic carbocycles. The molecule has 2 aromatic rings. The minimum Gasteiger partial charge on any atom is -0.477 e. The molecule has 1 aromatic heterocycles. The van der Waals surface area contributed by atoms with Gasteiger partial charge in [0.15, 0.2) is 0 Å². The zero-order valence-corrected chi connectivity index (χ0v) is 12.0. The molecule has 0 radical (unpaired) electrons. The summed E-state index contributed by atoms with van der Waals surface area (Å²) >= 11 is 0. The molecule has 0 spiro atoms. The van der Waals surface area contributed by atoms with Crippen LogP contribution in [-0.2, 0) is 12.8 Å². The molecule has 3 rings (SSSR count). The molecular weight excluding hydrogens is 284 g/mol. The molecule has 7 nitrogen and oxygen atoms in total. The maximum Gasteiger partial charge on any atom is 0.352 e. The van der Waals surface area contributed by atoms with Crippen molar-refractivity contribution in [3.05, 3.63) is 35.0 Å². The number of aromatic carboxylic acids is 1. The Morgan fingerprint density at radius 1 is 1.41 bits per heavy atom. The number of rotatable bonds is 5. The number of nitrogens with two attached hydrogens (primary N) is 1. The van der Waals surface area contributed by atoms with Gasteiger partial charge in [0.1, 0.15) is 5.69 Å². The first-order valence-electron chi connectivity index (χ1n) is 7.19. The standard InChI is InChI=1S/C15H18N4O3/c16-4-3-10-11-6-8(5-9-7-17-15(22)18-9)1-2-12(11)19-13(10)14(20)21/h1-2,6,9,19H,3-5,7,16H2,(H,20,21)(H2,17,18,22). The van der Waals surface area contributed by atoms with Crippen LogP contribution < -0.4 is 16.4 Å². The molecular formula is C15H18N4O3. The number of aromatic amines is 1. The molecule has 1 aliphatic rings. The van der Waals surface area contributed by atoms with Crippen LogP contribution in [0.1, 0.15) is 21.6 Å². The van der Waals surface area contributed by atoms with Crippen LogP contribution in [0.4, 0.5) is 4.79 Å². The largest absolute Gasteiger partial charge is 0.477 e. The van der Waals surface area contributed by atoms with Crippen LogP contribution in [0.15, 0.2) is 18.2 Å². The van der Waals surface area contributed by atoms with E-state index in [0.717, 1.165) is 22.0 Å². The number of carboxylic acids is 1. The van der Waals surface area contributed by atoms with E-state index in [4.69, 9.17) is 5.73 Å². The Morgan fingerprint density at radius 3 is 2.86 bits per heavy atom. The summed E-state index contributed by atoms with van der Waals surface area (Å²) in [5, 5.41) is 15.7. The Balaban J connectivity index is 1.95. The quantitative estimate of drug-likeness (QED) is 0.555. The van der Waals surface area contributed by atoms with Gasteiger partial charge >= 0.3 is 12.0 Å². The fraction of sp³-hybridized carbons (Fsp3) is 0.333. The van der Waals surface area contributed by atoms with Crippen LogP contribution in [-0.4, -0.2) is 41.2 Å². The van der Waals surface area contributed by atoms with Crippen LogP contribution >= 0.6 is 0 Å². The van der Waals surface area contributed by atoms with Gasteiger partial charge in [0.2, 0.25) is 0 Å². The summed E-state index contributed by atoms with van der Waals surface area (Å²) in [5.74, 6) is -0.978. The van der Waals surface area contributed by atoms with Crippen molar-refractivity contribution in [3.8, 4) is 0 Å². The summed E-state index contributed by atoms with van der Waals surface area (Å²) in [6, 6.07) is 5.71. The van der Waals surface area contributed by atoms with E-state index >= 15 is 0 Å². The van der Waals surface area contributed by atoms with Crippen molar-refractivity contribution in [2.45, 2.75) is 18.9 Å². The highest BCUT2D eigenvalue weighted by Gasteiger charge is 2.21. The summed E-state index contributed by atoms with van der Waals surface area (Å²) in [6.45, 7) is 0.986. The number of carbonyl (C=O) groups excluding carboxylic acids is 1. The van der Waals surface area contributed by atoms with Gasteiger partial charge in [0.05, 0.1) is 6.04 Å². The van der Waals surface area contributed by atoms with Crippen LogP contribution in [0, 0.1) is 0 Å². The van der Waals surface area contributed by atoms with Gasteiger partial charge in [-0.2, -0.15) is 0 Å². The summed E-state index contributed by atoms with van der Waals surface area (Å²) in [6.07, 6.45) is 1.21. The maximum absolute atomic E-state index is 11.3. The average Bonchev–Trinajstić information content (AvgIpc) is 3.04. The van der Waals surface area contributed by atoms with Gasteiger partial charge in [0.25, 0.3) is 0 Å².